The Morgan fingerprint density at radius 1 is 1.25 bits per heavy atom. The van der Waals surface area contributed by atoms with E-state index < -0.39 is 5.60 Å². The van der Waals surface area contributed by atoms with Gasteiger partial charge < -0.3 is 19.7 Å². The topological polar surface area (TPSA) is 67.5 Å². The van der Waals surface area contributed by atoms with Gasteiger partial charge in [0.2, 0.25) is 0 Å². The molecule has 1 heterocycles. The van der Waals surface area contributed by atoms with Crippen molar-refractivity contribution in [2.75, 3.05) is 6.54 Å². The molecule has 0 aliphatic heterocycles. The van der Waals surface area contributed by atoms with Crippen LogP contribution in [0.5, 0.6) is 5.75 Å². The zero-order valence-electron chi connectivity index (χ0n) is 15.2. The van der Waals surface area contributed by atoms with Crippen molar-refractivity contribution in [1.29, 1.82) is 0 Å². The summed E-state index contributed by atoms with van der Waals surface area (Å²) in [6, 6.07) is 7.96. The van der Waals surface area contributed by atoms with Crippen LogP contribution in [0.3, 0.4) is 0 Å². The quantitative estimate of drug-likeness (QED) is 0.776. The fourth-order valence-corrected chi connectivity index (χ4v) is 2.23. The lowest BCUT2D eigenvalue weighted by atomic mass is 9.92. The maximum absolute atomic E-state index is 10.2. The zero-order chi connectivity index (χ0) is 17.7. The van der Waals surface area contributed by atoms with Crippen LogP contribution < -0.4 is 10.1 Å². The smallest absolute Gasteiger partial charge is 0.140 e. The summed E-state index contributed by atoms with van der Waals surface area (Å²) in [6.45, 7) is 11.4. The lowest BCUT2D eigenvalue weighted by molar-refractivity contribution is 0.0140. The largest absolute Gasteiger partial charge is 0.489 e. The third-order valence-electron chi connectivity index (χ3n) is 4.54. The second kappa shape index (κ2) is 7.81. The van der Waals surface area contributed by atoms with E-state index in [1.54, 1.807) is 0 Å². The van der Waals surface area contributed by atoms with E-state index >= 15 is 0 Å². The number of rotatable bonds is 8. The summed E-state index contributed by atoms with van der Waals surface area (Å²) in [7, 11) is 0. The number of hydrogen-bond donors (Lipinski definition) is 2. The van der Waals surface area contributed by atoms with Gasteiger partial charge >= 0.3 is 0 Å². The summed E-state index contributed by atoms with van der Waals surface area (Å²) >= 11 is 0. The van der Waals surface area contributed by atoms with Crippen molar-refractivity contribution in [2.24, 2.45) is 5.92 Å². The molecule has 2 aromatic rings. The van der Waals surface area contributed by atoms with Gasteiger partial charge in [-0.3, -0.25) is 0 Å². The normalized spacial score (nSPS) is 14.0. The molecule has 0 saturated carbocycles. The SMILES string of the molecule is Cc1noc(C)c1COc1ccc(CNCC(C)(O)C(C)C)cc1. The Kier molecular flexibility index (Phi) is 6.02. The second-order valence-corrected chi connectivity index (χ2v) is 6.85. The Hall–Kier alpha value is -1.85. The molecule has 0 fully saturated rings. The standard InChI is InChI=1S/C19H28N2O3/c1-13(2)19(5,22)12-20-10-16-6-8-17(9-7-16)23-11-18-14(3)21-24-15(18)4/h6-9,13,20,22H,10-12H2,1-5H3. The third kappa shape index (κ3) is 4.82. The number of aryl methyl sites for hydroxylation is 2. The van der Waals surface area contributed by atoms with Gasteiger partial charge in [0.25, 0.3) is 0 Å². The molecule has 2 N–H and O–H groups in total. The van der Waals surface area contributed by atoms with Crippen LogP contribution in [0, 0.1) is 19.8 Å². The summed E-state index contributed by atoms with van der Waals surface area (Å²) in [4.78, 5) is 0. The highest BCUT2D eigenvalue weighted by Crippen LogP contribution is 2.18. The second-order valence-electron chi connectivity index (χ2n) is 6.85. The average molecular weight is 332 g/mol. The molecule has 1 aromatic carbocycles. The highest BCUT2D eigenvalue weighted by Gasteiger charge is 2.23. The molecule has 5 heteroatoms. The Bertz CT molecular complexity index is 626. The monoisotopic (exact) mass is 332 g/mol. The van der Waals surface area contributed by atoms with Crippen molar-refractivity contribution in [2.45, 2.75) is 53.4 Å². The molecule has 1 atom stereocenters. The van der Waals surface area contributed by atoms with Gasteiger partial charge in [0.15, 0.2) is 0 Å². The maximum atomic E-state index is 10.2. The average Bonchev–Trinajstić information content (AvgIpc) is 2.85. The maximum Gasteiger partial charge on any atom is 0.140 e. The molecule has 0 saturated heterocycles. The van der Waals surface area contributed by atoms with Crippen molar-refractivity contribution in [1.82, 2.24) is 10.5 Å². The first-order chi connectivity index (χ1) is 11.3. The van der Waals surface area contributed by atoms with E-state index in [9.17, 15) is 5.11 Å². The number of benzene rings is 1. The summed E-state index contributed by atoms with van der Waals surface area (Å²) < 4.78 is 10.9. The molecule has 0 bridgehead atoms. The van der Waals surface area contributed by atoms with Gasteiger partial charge in [0.05, 0.1) is 16.9 Å². The molecule has 132 valence electrons. The first-order valence-corrected chi connectivity index (χ1v) is 8.36. The number of hydrogen-bond acceptors (Lipinski definition) is 5. The Labute approximate surface area is 144 Å². The van der Waals surface area contributed by atoms with Crippen LogP contribution >= 0.6 is 0 Å². The Balaban J connectivity index is 1.83. The number of nitrogens with zero attached hydrogens (tertiary/aromatic N) is 1. The molecule has 0 radical (unpaired) electrons. The third-order valence-corrected chi connectivity index (χ3v) is 4.54. The minimum atomic E-state index is -0.697. The van der Waals surface area contributed by atoms with Crippen LogP contribution in [-0.2, 0) is 13.2 Å². The highest BCUT2D eigenvalue weighted by molar-refractivity contribution is 5.28. The lowest BCUT2D eigenvalue weighted by Crippen LogP contribution is -2.41. The number of aliphatic hydroxyl groups is 1. The van der Waals surface area contributed by atoms with Crippen LogP contribution in [0.4, 0.5) is 0 Å². The van der Waals surface area contributed by atoms with E-state index in [0.29, 0.717) is 19.7 Å². The van der Waals surface area contributed by atoms with Crippen molar-refractivity contribution >= 4 is 0 Å². The Morgan fingerprint density at radius 3 is 2.46 bits per heavy atom. The molecule has 2 rings (SSSR count). The minimum absolute atomic E-state index is 0.213. The zero-order valence-corrected chi connectivity index (χ0v) is 15.2. The molecule has 1 unspecified atom stereocenters. The molecule has 0 spiro atoms. The number of aromatic nitrogens is 1. The molecule has 0 aliphatic carbocycles. The van der Waals surface area contributed by atoms with Crippen molar-refractivity contribution < 1.29 is 14.4 Å². The molecule has 24 heavy (non-hydrogen) atoms. The molecule has 1 aromatic heterocycles. The molecular weight excluding hydrogens is 304 g/mol. The van der Waals surface area contributed by atoms with E-state index in [1.807, 2.05) is 58.9 Å². The van der Waals surface area contributed by atoms with Crippen molar-refractivity contribution in [3.63, 3.8) is 0 Å². The minimum Gasteiger partial charge on any atom is -0.489 e. The van der Waals surface area contributed by atoms with Crippen LogP contribution in [0.15, 0.2) is 28.8 Å². The molecule has 0 aliphatic rings. The fourth-order valence-electron chi connectivity index (χ4n) is 2.23. The molecular formula is C19H28N2O3. The molecule has 0 amide bonds. The van der Waals surface area contributed by atoms with Gasteiger partial charge in [-0.1, -0.05) is 31.1 Å². The van der Waals surface area contributed by atoms with Crippen molar-refractivity contribution in [3.8, 4) is 5.75 Å². The predicted molar refractivity (Wildman–Crippen MR) is 93.9 cm³/mol. The van der Waals surface area contributed by atoms with Gasteiger partial charge in [-0.15, -0.1) is 0 Å². The van der Waals surface area contributed by atoms with Gasteiger partial charge in [-0.05, 0) is 44.4 Å². The van der Waals surface area contributed by atoms with E-state index in [0.717, 1.165) is 28.3 Å². The van der Waals surface area contributed by atoms with Gasteiger partial charge in [-0.25, -0.2) is 0 Å². The van der Waals surface area contributed by atoms with E-state index in [2.05, 4.69) is 10.5 Å². The highest BCUT2D eigenvalue weighted by atomic mass is 16.5. The van der Waals surface area contributed by atoms with Crippen LogP contribution in [-0.4, -0.2) is 22.4 Å². The predicted octanol–water partition coefficient (Wildman–Crippen LogP) is 3.37. The molecule has 5 nitrogen and oxygen atoms in total. The van der Waals surface area contributed by atoms with E-state index in [4.69, 9.17) is 9.26 Å². The summed E-state index contributed by atoms with van der Waals surface area (Å²) in [6.07, 6.45) is 0. The summed E-state index contributed by atoms with van der Waals surface area (Å²) in [5, 5.41) is 17.4. The first-order valence-electron chi connectivity index (χ1n) is 8.36. The van der Waals surface area contributed by atoms with Gasteiger partial charge in [0.1, 0.15) is 18.1 Å². The summed E-state index contributed by atoms with van der Waals surface area (Å²) in [5.41, 5.74) is 2.32. The number of ether oxygens (including phenoxy) is 1. The number of nitrogens with one attached hydrogen (secondary N) is 1. The Morgan fingerprint density at radius 2 is 1.92 bits per heavy atom. The summed E-state index contributed by atoms with van der Waals surface area (Å²) in [5.74, 6) is 1.82. The van der Waals surface area contributed by atoms with Crippen LogP contribution in [0.25, 0.3) is 0 Å². The van der Waals surface area contributed by atoms with Crippen LogP contribution in [0.1, 0.15) is 43.4 Å². The van der Waals surface area contributed by atoms with E-state index in [-0.39, 0.29) is 5.92 Å². The van der Waals surface area contributed by atoms with Crippen molar-refractivity contribution in [3.05, 3.63) is 46.8 Å². The first kappa shape index (κ1) is 18.5. The van der Waals surface area contributed by atoms with E-state index in [1.165, 1.54) is 0 Å². The lowest BCUT2D eigenvalue weighted by Gasteiger charge is -2.28. The van der Waals surface area contributed by atoms with Gasteiger partial charge in [-0.2, -0.15) is 0 Å². The fraction of sp³-hybridized carbons (Fsp3) is 0.526. The van der Waals surface area contributed by atoms with Crippen LogP contribution in [0.2, 0.25) is 0 Å². The van der Waals surface area contributed by atoms with Gasteiger partial charge in [0, 0.05) is 13.1 Å².